The minimum Gasteiger partial charge on any atom is -0.370 e. The van der Waals surface area contributed by atoms with Gasteiger partial charge in [0.1, 0.15) is 11.9 Å². The largest absolute Gasteiger partial charge is 0.370 e. The molecule has 6 heteroatoms. The molecule has 138 valence electrons. The molecule has 1 unspecified atom stereocenters. The lowest BCUT2D eigenvalue weighted by Crippen LogP contribution is -2.39. The monoisotopic (exact) mass is 380 g/mol. The molecule has 3 aromatic rings. The molecule has 0 spiro atoms. The van der Waals surface area contributed by atoms with Gasteiger partial charge in [-0.1, -0.05) is 23.7 Å². The van der Waals surface area contributed by atoms with Gasteiger partial charge < -0.3 is 9.64 Å². The third-order valence-electron chi connectivity index (χ3n) is 4.89. The summed E-state index contributed by atoms with van der Waals surface area (Å²) in [6.45, 7) is 6.29. The third kappa shape index (κ3) is 3.80. The first-order valence-electron chi connectivity index (χ1n) is 8.99. The predicted molar refractivity (Wildman–Crippen MR) is 107 cm³/mol. The van der Waals surface area contributed by atoms with Gasteiger partial charge in [0.05, 0.1) is 6.61 Å². The van der Waals surface area contributed by atoms with E-state index in [1.54, 1.807) is 12.4 Å². The van der Waals surface area contributed by atoms with E-state index in [9.17, 15) is 0 Å². The van der Waals surface area contributed by atoms with Crippen LogP contribution < -0.4 is 4.90 Å². The normalized spacial score (nSPS) is 17.1. The second-order valence-corrected chi connectivity index (χ2v) is 7.12. The Bertz CT molecular complexity index is 931. The molecular weight excluding hydrogens is 360 g/mol. The van der Waals surface area contributed by atoms with Crippen molar-refractivity contribution in [3.63, 3.8) is 0 Å². The number of anilines is 1. The number of ether oxygens (including phenoxy) is 1. The van der Waals surface area contributed by atoms with Crippen molar-refractivity contribution in [2.24, 2.45) is 0 Å². The topological polar surface area (TPSA) is 51.1 Å². The number of nitrogens with zero attached hydrogens (tertiary/aromatic N) is 4. The van der Waals surface area contributed by atoms with Crippen molar-refractivity contribution in [3.05, 3.63) is 70.6 Å². The van der Waals surface area contributed by atoms with Gasteiger partial charge in [0.2, 0.25) is 0 Å². The highest BCUT2D eigenvalue weighted by Gasteiger charge is 2.25. The summed E-state index contributed by atoms with van der Waals surface area (Å²) in [7, 11) is 0. The van der Waals surface area contributed by atoms with E-state index in [1.807, 2.05) is 43.3 Å². The number of pyridine rings is 1. The number of benzene rings is 1. The summed E-state index contributed by atoms with van der Waals surface area (Å²) >= 11 is 6.02. The van der Waals surface area contributed by atoms with E-state index in [2.05, 4.69) is 21.8 Å². The van der Waals surface area contributed by atoms with Gasteiger partial charge in [-0.05, 0) is 43.7 Å². The van der Waals surface area contributed by atoms with Gasteiger partial charge in [-0.3, -0.25) is 4.98 Å². The molecule has 0 saturated carbocycles. The molecule has 1 atom stereocenters. The molecule has 2 aromatic heterocycles. The van der Waals surface area contributed by atoms with Crippen LogP contribution in [0.3, 0.4) is 0 Å². The SMILES string of the molecule is Cc1nc(-c2cccnc2)nc(N2CCOC(c3ccc(Cl)cc3)C2)c1C. The van der Waals surface area contributed by atoms with Crippen LogP contribution in [0.15, 0.2) is 48.8 Å². The third-order valence-corrected chi connectivity index (χ3v) is 5.14. The smallest absolute Gasteiger partial charge is 0.163 e. The average Bonchev–Trinajstić information content (AvgIpc) is 2.71. The number of morpholine rings is 1. The molecule has 4 rings (SSSR count). The molecule has 0 N–H and O–H groups in total. The Labute approximate surface area is 164 Å². The fourth-order valence-corrected chi connectivity index (χ4v) is 3.39. The quantitative estimate of drug-likeness (QED) is 0.674. The molecule has 27 heavy (non-hydrogen) atoms. The Morgan fingerprint density at radius 3 is 2.67 bits per heavy atom. The first kappa shape index (κ1) is 17.9. The molecule has 5 nitrogen and oxygen atoms in total. The number of aromatic nitrogens is 3. The van der Waals surface area contributed by atoms with E-state index < -0.39 is 0 Å². The standard InChI is InChI=1S/C21H21ClN4O/c1-14-15(2)24-20(17-4-3-9-23-12-17)25-21(14)26-10-11-27-19(13-26)16-5-7-18(22)8-6-16/h3-9,12,19H,10-11,13H2,1-2H3. The van der Waals surface area contributed by atoms with Gasteiger partial charge in [0, 0.05) is 47.3 Å². The van der Waals surface area contributed by atoms with Gasteiger partial charge >= 0.3 is 0 Å². The number of aryl methyl sites for hydroxylation is 1. The van der Waals surface area contributed by atoms with Gasteiger partial charge in [0.25, 0.3) is 0 Å². The minimum atomic E-state index is -0.00692. The zero-order valence-electron chi connectivity index (χ0n) is 15.4. The first-order chi connectivity index (χ1) is 13.1. The molecule has 3 heterocycles. The number of hydrogen-bond acceptors (Lipinski definition) is 5. The first-order valence-corrected chi connectivity index (χ1v) is 9.37. The average molecular weight is 381 g/mol. The molecule has 1 aromatic carbocycles. The Balaban J connectivity index is 1.66. The van der Waals surface area contributed by atoms with Crippen LogP contribution in [0.25, 0.3) is 11.4 Å². The van der Waals surface area contributed by atoms with Crippen molar-refractivity contribution >= 4 is 17.4 Å². The highest BCUT2D eigenvalue weighted by atomic mass is 35.5. The molecule has 1 aliphatic rings. The molecule has 0 amide bonds. The molecule has 1 fully saturated rings. The van der Waals surface area contributed by atoms with E-state index >= 15 is 0 Å². The summed E-state index contributed by atoms with van der Waals surface area (Å²) in [5.41, 5.74) is 4.12. The van der Waals surface area contributed by atoms with Crippen LogP contribution in [-0.4, -0.2) is 34.6 Å². The van der Waals surface area contributed by atoms with E-state index in [0.29, 0.717) is 12.4 Å². The maximum Gasteiger partial charge on any atom is 0.163 e. The highest BCUT2D eigenvalue weighted by molar-refractivity contribution is 6.30. The summed E-state index contributed by atoms with van der Waals surface area (Å²) in [6.07, 6.45) is 3.54. The van der Waals surface area contributed by atoms with E-state index in [-0.39, 0.29) is 6.10 Å². The van der Waals surface area contributed by atoms with E-state index in [0.717, 1.165) is 46.3 Å². The summed E-state index contributed by atoms with van der Waals surface area (Å²) < 4.78 is 6.00. The van der Waals surface area contributed by atoms with Crippen molar-refractivity contribution in [1.29, 1.82) is 0 Å². The molecule has 0 radical (unpaired) electrons. The lowest BCUT2D eigenvalue weighted by Gasteiger charge is -2.35. The Morgan fingerprint density at radius 1 is 1.11 bits per heavy atom. The Hall–Kier alpha value is -2.50. The van der Waals surface area contributed by atoms with Gasteiger partial charge in [0.15, 0.2) is 5.82 Å². The zero-order chi connectivity index (χ0) is 18.8. The van der Waals surface area contributed by atoms with E-state index in [1.165, 1.54) is 0 Å². The van der Waals surface area contributed by atoms with Crippen LogP contribution in [0.5, 0.6) is 0 Å². The van der Waals surface area contributed by atoms with Crippen LogP contribution in [0.4, 0.5) is 5.82 Å². The van der Waals surface area contributed by atoms with Crippen molar-refractivity contribution in [3.8, 4) is 11.4 Å². The van der Waals surface area contributed by atoms with E-state index in [4.69, 9.17) is 21.3 Å². The predicted octanol–water partition coefficient (Wildman–Crippen LogP) is 4.39. The maximum absolute atomic E-state index is 6.02. The summed E-state index contributed by atoms with van der Waals surface area (Å²) in [4.78, 5) is 16.0. The number of halogens is 1. The molecule has 0 bridgehead atoms. The Morgan fingerprint density at radius 2 is 1.93 bits per heavy atom. The fraction of sp³-hybridized carbons (Fsp3) is 0.286. The van der Waals surface area contributed by atoms with Gasteiger partial charge in [-0.15, -0.1) is 0 Å². The lowest BCUT2D eigenvalue weighted by molar-refractivity contribution is 0.0395. The second-order valence-electron chi connectivity index (χ2n) is 6.68. The second kappa shape index (κ2) is 7.62. The van der Waals surface area contributed by atoms with Crippen LogP contribution in [0.2, 0.25) is 5.02 Å². The van der Waals surface area contributed by atoms with Gasteiger partial charge in [-0.25, -0.2) is 9.97 Å². The van der Waals surface area contributed by atoms with Crippen LogP contribution in [0, 0.1) is 13.8 Å². The van der Waals surface area contributed by atoms with Gasteiger partial charge in [-0.2, -0.15) is 0 Å². The van der Waals surface area contributed by atoms with Crippen molar-refractivity contribution in [1.82, 2.24) is 15.0 Å². The zero-order valence-corrected chi connectivity index (χ0v) is 16.1. The molecular formula is C21H21ClN4O. The van der Waals surface area contributed by atoms with Crippen LogP contribution in [0.1, 0.15) is 22.9 Å². The lowest BCUT2D eigenvalue weighted by atomic mass is 10.1. The summed E-state index contributed by atoms with van der Waals surface area (Å²) in [5, 5.41) is 0.731. The maximum atomic E-state index is 6.02. The minimum absolute atomic E-state index is 0.00692. The van der Waals surface area contributed by atoms with Crippen LogP contribution >= 0.6 is 11.6 Å². The number of rotatable bonds is 3. The fourth-order valence-electron chi connectivity index (χ4n) is 3.27. The highest BCUT2D eigenvalue weighted by Crippen LogP contribution is 2.30. The summed E-state index contributed by atoms with van der Waals surface area (Å²) in [5.74, 6) is 1.67. The van der Waals surface area contributed by atoms with Crippen molar-refractivity contribution in [2.75, 3.05) is 24.6 Å². The Kier molecular flexibility index (Phi) is 5.05. The van der Waals surface area contributed by atoms with Crippen molar-refractivity contribution in [2.45, 2.75) is 20.0 Å². The van der Waals surface area contributed by atoms with Crippen LogP contribution in [-0.2, 0) is 4.74 Å². The number of hydrogen-bond donors (Lipinski definition) is 0. The summed E-state index contributed by atoms with van der Waals surface area (Å²) in [6, 6.07) is 11.7. The van der Waals surface area contributed by atoms with Crippen molar-refractivity contribution < 1.29 is 4.74 Å². The molecule has 1 aliphatic heterocycles. The molecule has 1 saturated heterocycles. The molecule has 0 aliphatic carbocycles.